The summed E-state index contributed by atoms with van der Waals surface area (Å²) >= 11 is 0. The molecule has 1 aliphatic carbocycles. The average molecular weight is 271 g/mol. The van der Waals surface area contributed by atoms with Crippen LogP contribution in [-0.2, 0) is 4.79 Å². The van der Waals surface area contributed by atoms with Crippen molar-refractivity contribution < 1.29 is 4.79 Å². The second-order valence-corrected chi connectivity index (χ2v) is 5.54. The van der Waals surface area contributed by atoms with Gasteiger partial charge in [0.15, 0.2) is 0 Å². The van der Waals surface area contributed by atoms with E-state index in [1.165, 1.54) is 0 Å². The van der Waals surface area contributed by atoms with Crippen LogP contribution in [-0.4, -0.2) is 18.0 Å². The summed E-state index contributed by atoms with van der Waals surface area (Å²) in [5, 5.41) is 8.77. The van der Waals surface area contributed by atoms with E-state index < -0.39 is 0 Å². The van der Waals surface area contributed by atoms with Gasteiger partial charge in [0.05, 0.1) is 12.5 Å². The van der Waals surface area contributed by atoms with Crippen LogP contribution in [0.3, 0.4) is 0 Å². The number of nitriles is 1. The van der Waals surface area contributed by atoms with E-state index in [1.54, 1.807) is 4.90 Å². The van der Waals surface area contributed by atoms with E-state index in [0.717, 1.165) is 31.4 Å². The van der Waals surface area contributed by atoms with Crippen LogP contribution in [0.1, 0.15) is 38.5 Å². The number of benzene rings is 1. The molecular weight excluding hydrogens is 250 g/mol. The molecule has 0 aliphatic heterocycles. The first-order chi connectivity index (χ1) is 9.64. The van der Waals surface area contributed by atoms with Crippen LogP contribution in [0.4, 0.5) is 5.69 Å². The number of anilines is 1. The quantitative estimate of drug-likeness (QED) is 0.894. The fraction of sp³-hybridized carbons (Fsp3) is 0.500. The van der Waals surface area contributed by atoms with E-state index >= 15 is 0 Å². The lowest BCUT2D eigenvalue weighted by Gasteiger charge is -2.28. The second-order valence-electron chi connectivity index (χ2n) is 5.54. The van der Waals surface area contributed by atoms with Crippen LogP contribution in [0.25, 0.3) is 0 Å². The Balaban J connectivity index is 2.10. The zero-order chi connectivity index (χ0) is 14.4. The highest BCUT2D eigenvalue weighted by Gasteiger charge is 2.33. The van der Waals surface area contributed by atoms with Crippen LogP contribution in [0.15, 0.2) is 30.3 Å². The minimum Gasteiger partial charge on any atom is -0.325 e. The van der Waals surface area contributed by atoms with Crippen molar-refractivity contribution >= 4 is 11.6 Å². The van der Waals surface area contributed by atoms with E-state index in [2.05, 4.69) is 6.07 Å². The summed E-state index contributed by atoms with van der Waals surface area (Å²) in [5.74, 6) is 0.0239. The molecule has 1 fully saturated rings. The Labute approximate surface area is 120 Å². The van der Waals surface area contributed by atoms with Gasteiger partial charge in [0, 0.05) is 24.2 Å². The number of amides is 1. The molecule has 2 rings (SSSR count). The number of carbonyl (C=O) groups is 1. The maximum absolute atomic E-state index is 12.5. The number of para-hydroxylation sites is 1. The topological polar surface area (TPSA) is 70.1 Å². The Bertz CT molecular complexity index is 486. The molecule has 1 aromatic rings. The van der Waals surface area contributed by atoms with Crippen LogP contribution >= 0.6 is 0 Å². The van der Waals surface area contributed by atoms with E-state index in [9.17, 15) is 4.79 Å². The molecule has 0 saturated heterocycles. The van der Waals surface area contributed by atoms with Crippen LogP contribution in [0.2, 0.25) is 0 Å². The molecule has 0 bridgehead atoms. The standard InChI is InChI=1S/C16H21N3O/c17-11-6-12-19(14-7-2-1-3-8-14)15(20)13-16(18)9-4-5-10-16/h1-3,7-8H,4-6,9-10,12-13,18H2. The summed E-state index contributed by atoms with van der Waals surface area (Å²) in [6.45, 7) is 0.426. The van der Waals surface area contributed by atoms with Crippen molar-refractivity contribution in [2.24, 2.45) is 5.73 Å². The minimum absolute atomic E-state index is 0.0239. The van der Waals surface area contributed by atoms with E-state index in [4.69, 9.17) is 11.0 Å². The first-order valence-corrected chi connectivity index (χ1v) is 7.16. The molecule has 0 spiro atoms. The molecule has 1 aromatic carbocycles. The molecule has 0 aromatic heterocycles. The molecule has 0 unspecified atom stereocenters. The molecule has 1 saturated carbocycles. The summed E-state index contributed by atoms with van der Waals surface area (Å²) in [4.78, 5) is 14.2. The lowest BCUT2D eigenvalue weighted by atomic mass is 9.94. The minimum atomic E-state index is -0.350. The van der Waals surface area contributed by atoms with Gasteiger partial charge in [-0.25, -0.2) is 0 Å². The Morgan fingerprint density at radius 1 is 1.30 bits per heavy atom. The van der Waals surface area contributed by atoms with Gasteiger partial charge in [0.1, 0.15) is 0 Å². The third-order valence-electron chi connectivity index (χ3n) is 3.92. The summed E-state index contributed by atoms with van der Waals surface area (Å²) < 4.78 is 0. The van der Waals surface area contributed by atoms with Crippen molar-refractivity contribution in [3.8, 4) is 6.07 Å². The average Bonchev–Trinajstić information content (AvgIpc) is 2.87. The largest absolute Gasteiger partial charge is 0.325 e. The van der Waals surface area contributed by atoms with Gasteiger partial charge >= 0.3 is 0 Å². The van der Waals surface area contributed by atoms with Crippen molar-refractivity contribution in [1.29, 1.82) is 5.26 Å². The zero-order valence-electron chi connectivity index (χ0n) is 11.7. The van der Waals surface area contributed by atoms with E-state index in [1.807, 2.05) is 30.3 Å². The summed E-state index contributed by atoms with van der Waals surface area (Å²) in [7, 11) is 0. The van der Waals surface area contributed by atoms with Crippen molar-refractivity contribution in [2.75, 3.05) is 11.4 Å². The molecule has 2 N–H and O–H groups in total. The van der Waals surface area contributed by atoms with Gasteiger partial charge in [-0.1, -0.05) is 31.0 Å². The van der Waals surface area contributed by atoms with Gasteiger partial charge in [-0.2, -0.15) is 5.26 Å². The zero-order valence-corrected chi connectivity index (χ0v) is 11.7. The van der Waals surface area contributed by atoms with Crippen LogP contribution in [0, 0.1) is 11.3 Å². The van der Waals surface area contributed by atoms with Gasteiger partial charge in [-0.3, -0.25) is 4.79 Å². The fourth-order valence-corrected chi connectivity index (χ4v) is 2.82. The molecule has 106 valence electrons. The molecular formula is C16H21N3O. The number of hydrogen-bond donors (Lipinski definition) is 1. The third kappa shape index (κ3) is 3.58. The molecule has 0 atom stereocenters. The molecule has 1 aliphatic rings. The normalized spacial score (nSPS) is 16.6. The smallest absolute Gasteiger partial charge is 0.228 e. The van der Waals surface area contributed by atoms with Crippen LogP contribution in [0.5, 0.6) is 0 Å². The lowest BCUT2D eigenvalue weighted by molar-refractivity contribution is -0.119. The summed E-state index contributed by atoms with van der Waals surface area (Å²) in [5.41, 5.74) is 6.78. The second kappa shape index (κ2) is 6.53. The molecule has 0 radical (unpaired) electrons. The van der Waals surface area contributed by atoms with Gasteiger partial charge in [0.25, 0.3) is 0 Å². The first kappa shape index (κ1) is 14.5. The highest BCUT2D eigenvalue weighted by Crippen LogP contribution is 2.31. The summed E-state index contributed by atoms with van der Waals surface area (Å²) in [6.07, 6.45) is 4.74. The van der Waals surface area contributed by atoms with Gasteiger partial charge < -0.3 is 10.6 Å². The lowest BCUT2D eigenvalue weighted by Crippen LogP contribution is -2.44. The van der Waals surface area contributed by atoms with Crippen molar-refractivity contribution in [3.05, 3.63) is 30.3 Å². The SMILES string of the molecule is N#CCCN(C(=O)CC1(N)CCCC1)c1ccccc1. The molecule has 4 nitrogen and oxygen atoms in total. The van der Waals surface area contributed by atoms with Gasteiger partial charge in [-0.05, 0) is 25.0 Å². The highest BCUT2D eigenvalue weighted by molar-refractivity contribution is 5.94. The number of nitrogens with zero attached hydrogens (tertiary/aromatic N) is 2. The van der Waals surface area contributed by atoms with Crippen molar-refractivity contribution in [1.82, 2.24) is 0 Å². The number of hydrogen-bond acceptors (Lipinski definition) is 3. The predicted octanol–water partition coefficient (Wildman–Crippen LogP) is 2.59. The van der Waals surface area contributed by atoms with E-state index in [-0.39, 0.29) is 11.4 Å². The Hall–Kier alpha value is -1.86. The van der Waals surface area contributed by atoms with E-state index in [0.29, 0.717) is 19.4 Å². The predicted molar refractivity (Wildman–Crippen MR) is 79.0 cm³/mol. The highest BCUT2D eigenvalue weighted by atomic mass is 16.2. The maximum atomic E-state index is 12.5. The maximum Gasteiger partial charge on any atom is 0.228 e. The monoisotopic (exact) mass is 271 g/mol. The fourth-order valence-electron chi connectivity index (χ4n) is 2.82. The Morgan fingerprint density at radius 2 is 1.95 bits per heavy atom. The van der Waals surface area contributed by atoms with Gasteiger partial charge in [-0.15, -0.1) is 0 Å². The Kier molecular flexibility index (Phi) is 4.75. The number of rotatable bonds is 5. The molecule has 0 heterocycles. The van der Waals surface area contributed by atoms with Crippen molar-refractivity contribution in [3.63, 3.8) is 0 Å². The molecule has 4 heteroatoms. The van der Waals surface area contributed by atoms with Crippen molar-refractivity contribution in [2.45, 2.75) is 44.1 Å². The third-order valence-corrected chi connectivity index (χ3v) is 3.92. The Morgan fingerprint density at radius 3 is 2.55 bits per heavy atom. The summed E-state index contributed by atoms with van der Waals surface area (Å²) in [6, 6.07) is 11.6. The van der Waals surface area contributed by atoms with Crippen LogP contribution < -0.4 is 10.6 Å². The molecule has 20 heavy (non-hydrogen) atoms. The molecule has 1 amide bonds. The van der Waals surface area contributed by atoms with Gasteiger partial charge in [0.2, 0.25) is 5.91 Å². The number of carbonyl (C=O) groups excluding carboxylic acids is 1. The number of nitrogens with two attached hydrogens (primary N) is 1. The first-order valence-electron chi connectivity index (χ1n) is 7.16.